The Morgan fingerprint density at radius 3 is 2.69 bits per heavy atom. The van der Waals surface area contributed by atoms with Crippen molar-refractivity contribution in [3.63, 3.8) is 0 Å². The van der Waals surface area contributed by atoms with E-state index in [1.807, 2.05) is 24.3 Å². The number of nitrogens with one attached hydrogen (secondary N) is 1. The molecule has 0 amide bonds. The quantitative estimate of drug-likeness (QED) is 0.663. The molecule has 1 aromatic carbocycles. The largest absolute Gasteiger partial charge is 0.493 e. The molecule has 26 heavy (non-hydrogen) atoms. The normalized spacial score (nSPS) is 14.4. The topological polar surface area (TPSA) is 55.0 Å². The Bertz CT molecular complexity index is 970. The fourth-order valence-electron chi connectivity index (χ4n) is 3.45. The van der Waals surface area contributed by atoms with E-state index in [2.05, 4.69) is 18.8 Å². The van der Waals surface area contributed by atoms with Gasteiger partial charge in [-0.1, -0.05) is 20.3 Å². The molecule has 0 saturated heterocycles. The molecule has 2 aromatic heterocycles. The molecule has 1 N–H and O–H groups in total. The molecule has 2 heterocycles. The predicted octanol–water partition coefficient (Wildman–Crippen LogP) is 4.96. The van der Waals surface area contributed by atoms with Crippen molar-refractivity contribution in [2.24, 2.45) is 5.92 Å². The minimum absolute atomic E-state index is 0.00969. The van der Waals surface area contributed by atoms with Crippen molar-refractivity contribution in [1.29, 1.82) is 0 Å². The van der Waals surface area contributed by atoms with E-state index in [-0.39, 0.29) is 5.56 Å². The number of ether oxygens (including phenoxy) is 1. The van der Waals surface area contributed by atoms with Crippen molar-refractivity contribution in [3.8, 4) is 17.1 Å². The number of nitrogens with zero attached hydrogens (tertiary/aromatic N) is 1. The number of hydrogen-bond acceptors (Lipinski definition) is 4. The van der Waals surface area contributed by atoms with Gasteiger partial charge in [-0.3, -0.25) is 4.79 Å². The summed E-state index contributed by atoms with van der Waals surface area (Å²) in [5, 5.41) is 0.813. The van der Waals surface area contributed by atoms with Gasteiger partial charge in [-0.2, -0.15) is 0 Å². The summed E-state index contributed by atoms with van der Waals surface area (Å²) in [6, 6.07) is 7.79. The molecule has 0 radical (unpaired) electrons. The zero-order chi connectivity index (χ0) is 18.1. The van der Waals surface area contributed by atoms with E-state index < -0.39 is 0 Å². The van der Waals surface area contributed by atoms with Crippen LogP contribution in [0.2, 0.25) is 0 Å². The van der Waals surface area contributed by atoms with Gasteiger partial charge in [0.05, 0.1) is 12.0 Å². The highest BCUT2D eigenvalue weighted by atomic mass is 32.1. The molecule has 0 spiro atoms. The Morgan fingerprint density at radius 2 is 1.92 bits per heavy atom. The molecule has 4 rings (SSSR count). The zero-order valence-electron chi connectivity index (χ0n) is 15.3. The van der Waals surface area contributed by atoms with Gasteiger partial charge in [0.2, 0.25) is 0 Å². The van der Waals surface area contributed by atoms with Crippen molar-refractivity contribution in [1.82, 2.24) is 9.97 Å². The van der Waals surface area contributed by atoms with Crippen molar-refractivity contribution in [2.45, 2.75) is 46.0 Å². The van der Waals surface area contributed by atoms with E-state index in [1.54, 1.807) is 11.3 Å². The SMILES string of the molecule is CC(C)COc1ccc(-c2nc3sc4c(c3c(=O)[nH]2)CCCCC4)cc1. The Morgan fingerprint density at radius 1 is 1.15 bits per heavy atom. The molecule has 1 aliphatic rings. The number of aryl methyl sites for hydroxylation is 2. The molecule has 0 bridgehead atoms. The summed E-state index contributed by atoms with van der Waals surface area (Å²) in [6.07, 6.45) is 5.70. The van der Waals surface area contributed by atoms with E-state index in [1.165, 1.54) is 23.3 Å². The first-order valence-electron chi connectivity index (χ1n) is 9.39. The predicted molar refractivity (Wildman–Crippen MR) is 107 cm³/mol. The van der Waals surface area contributed by atoms with E-state index in [9.17, 15) is 4.79 Å². The third-order valence-corrected chi connectivity index (χ3v) is 5.97. The summed E-state index contributed by atoms with van der Waals surface area (Å²) in [5.74, 6) is 1.96. The molecule has 5 heteroatoms. The van der Waals surface area contributed by atoms with Gasteiger partial charge in [0.25, 0.3) is 5.56 Å². The number of aromatic nitrogens is 2. The van der Waals surface area contributed by atoms with Crippen molar-refractivity contribution >= 4 is 21.6 Å². The number of H-pyrrole nitrogens is 1. The van der Waals surface area contributed by atoms with Gasteiger partial charge in [0.15, 0.2) is 0 Å². The van der Waals surface area contributed by atoms with Crippen LogP contribution in [0.5, 0.6) is 5.75 Å². The summed E-state index contributed by atoms with van der Waals surface area (Å²) in [6.45, 7) is 4.95. The monoisotopic (exact) mass is 368 g/mol. The van der Waals surface area contributed by atoms with Crippen molar-refractivity contribution in [2.75, 3.05) is 6.61 Å². The maximum Gasteiger partial charge on any atom is 0.260 e. The van der Waals surface area contributed by atoms with E-state index in [0.717, 1.165) is 40.8 Å². The lowest BCUT2D eigenvalue weighted by Gasteiger charge is -2.09. The standard InChI is InChI=1S/C21H24N2O2S/c1-13(2)12-25-15-10-8-14(9-11-15)19-22-20(24)18-16-6-4-3-5-7-17(16)26-21(18)23-19/h8-11,13H,3-7,12H2,1-2H3,(H,22,23,24). The van der Waals surface area contributed by atoms with Crippen LogP contribution in [-0.2, 0) is 12.8 Å². The van der Waals surface area contributed by atoms with Crippen LogP contribution in [0, 0.1) is 5.92 Å². The average Bonchev–Trinajstić information content (AvgIpc) is 2.82. The number of aromatic amines is 1. The van der Waals surface area contributed by atoms with Crippen LogP contribution in [0.15, 0.2) is 29.1 Å². The number of thiophene rings is 1. The van der Waals surface area contributed by atoms with Gasteiger partial charge in [0.1, 0.15) is 16.4 Å². The minimum Gasteiger partial charge on any atom is -0.493 e. The molecule has 0 atom stereocenters. The first-order chi connectivity index (χ1) is 12.6. The van der Waals surface area contributed by atoms with E-state index >= 15 is 0 Å². The molecule has 4 nitrogen and oxygen atoms in total. The first-order valence-corrected chi connectivity index (χ1v) is 10.2. The Balaban J connectivity index is 1.68. The van der Waals surface area contributed by atoms with Gasteiger partial charge in [0, 0.05) is 10.4 Å². The Labute approximate surface area is 157 Å². The van der Waals surface area contributed by atoms with E-state index in [0.29, 0.717) is 18.3 Å². The maximum atomic E-state index is 12.7. The first kappa shape index (κ1) is 17.3. The van der Waals surface area contributed by atoms with Gasteiger partial charge in [-0.05, 0) is 61.4 Å². The van der Waals surface area contributed by atoms with Crippen LogP contribution >= 0.6 is 11.3 Å². The number of fused-ring (bicyclic) bond motifs is 3. The highest BCUT2D eigenvalue weighted by Gasteiger charge is 2.19. The summed E-state index contributed by atoms with van der Waals surface area (Å²) < 4.78 is 5.73. The molecular weight excluding hydrogens is 344 g/mol. The van der Waals surface area contributed by atoms with Crippen LogP contribution in [0.1, 0.15) is 43.6 Å². The second-order valence-electron chi connectivity index (χ2n) is 7.39. The maximum absolute atomic E-state index is 12.7. The van der Waals surface area contributed by atoms with Crippen LogP contribution < -0.4 is 10.3 Å². The average molecular weight is 369 g/mol. The van der Waals surface area contributed by atoms with Gasteiger partial charge in [-0.25, -0.2) is 4.98 Å². The van der Waals surface area contributed by atoms with E-state index in [4.69, 9.17) is 9.72 Å². The fraction of sp³-hybridized carbons (Fsp3) is 0.429. The lowest BCUT2D eigenvalue weighted by Crippen LogP contribution is -2.10. The number of hydrogen-bond donors (Lipinski definition) is 1. The van der Waals surface area contributed by atoms with Crippen molar-refractivity contribution in [3.05, 3.63) is 45.1 Å². The highest BCUT2D eigenvalue weighted by Crippen LogP contribution is 2.33. The minimum atomic E-state index is -0.00969. The second kappa shape index (κ2) is 7.23. The smallest absolute Gasteiger partial charge is 0.260 e. The number of rotatable bonds is 4. The summed E-state index contributed by atoms with van der Waals surface area (Å²) in [4.78, 5) is 22.7. The van der Waals surface area contributed by atoms with Crippen LogP contribution in [0.4, 0.5) is 0 Å². The molecule has 1 aliphatic carbocycles. The lowest BCUT2D eigenvalue weighted by molar-refractivity contribution is 0.271. The fourth-order valence-corrected chi connectivity index (χ4v) is 4.71. The van der Waals surface area contributed by atoms with Gasteiger partial charge in [-0.15, -0.1) is 11.3 Å². The third kappa shape index (κ3) is 3.40. The molecule has 0 unspecified atom stereocenters. The second-order valence-corrected chi connectivity index (χ2v) is 8.47. The third-order valence-electron chi connectivity index (χ3n) is 4.79. The summed E-state index contributed by atoms with van der Waals surface area (Å²) in [5.41, 5.74) is 2.13. The summed E-state index contributed by atoms with van der Waals surface area (Å²) >= 11 is 1.69. The highest BCUT2D eigenvalue weighted by molar-refractivity contribution is 7.18. The molecule has 0 fully saturated rings. The van der Waals surface area contributed by atoms with Crippen LogP contribution in [-0.4, -0.2) is 16.6 Å². The lowest BCUT2D eigenvalue weighted by atomic mass is 10.1. The van der Waals surface area contributed by atoms with Crippen LogP contribution in [0.25, 0.3) is 21.6 Å². The number of benzene rings is 1. The van der Waals surface area contributed by atoms with Crippen LogP contribution in [0.3, 0.4) is 0 Å². The van der Waals surface area contributed by atoms with Gasteiger partial charge < -0.3 is 9.72 Å². The Kier molecular flexibility index (Phi) is 4.81. The van der Waals surface area contributed by atoms with Crippen molar-refractivity contribution < 1.29 is 4.74 Å². The van der Waals surface area contributed by atoms with Gasteiger partial charge >= 0.3 is 0 Å². The molecular formula is C21H24N2O2S. The Hall–Kier alpha value is -2.14. The molecule has 3 aromatic rings. The zero-order valence-corrected chi connectivity index (χ0v) is 16.1. The summed E-state index contributed by atoms with van der Waals surface area (Å²) in [7, 11) is 0. The molecule has 136 valence electrons. The molecule has 0 saturated carbocycles. The molecule has 0 aliphatic heterocycles.